The Labute approximate surface area is 213 Å². The number of fused-ring (bicyclic) bond motifs is 5. The van der Waals surface area contributed by atoms with Crippen LogP contribution >= 0.6 is 0 Å². The van der Waals surface area contributed by atoms with Gasteiger partial charge in [-0.2, -0.15) is 5.26 Å². The quantitative estimate of drug-likeness (QED) is 0.262. The number of benzene rings is 4. The topological polar surface area (TPSA) is 54.5 Å². The number of nitriles is 1. The third-order valence-electron chi connectivity index (χ3n) is 6.88. The molecule has 172 valence electrons. The second-order valence-electron chi connectivity index (χ2n) is 9.03. The van der Waals surface area contributed by atoms with Gasteiger partial charge in [0, 0.05) is 40.0 Å². The van der Waals surface area contributed by atoms with Gasteiger partial charge in [0.05, 0.1) is 28.0 Å². The molecule has 0 aliphatic rings. The van der Waals surface area contributed by atoms with Gasteiger partial charge in [-0.15, -0.1) is 0 Å². The van der Waals surface area contributed by atoms with Crippen LogP contribution in [0, 0.1) is 11.3 Å². The molecule has 0 radical (unpaired) electrons. The maximum Gasteiger partial charge on any atom is 0.101 e. The van der Waals surface area contributed by atoms with E-state index in [-0.39, 0.29) is 0 Å². The largest absolute Gasteiger partial charge is 0.309 e. The van der Waals surface area contributed by atoms with Gasteiger partial charge in [0.1, 0.15) is 6.07 Å². The Morgan fingerprint density at radius 2 is 1.35 bits per heavy atom. The van der Waals surface area contributed by atoms with E-state index in [1.807, 2.05) is 30.3 Å². The summed E-state index contributed by atoms with van der Waals surface area (Å²) in [4.78, 5) is 9.27. The Kier molecular flexibility index (Phi) is 4.80. The van der Waals surface area contributed by atoms with E-state index in [4.69, 9.17) is 4.98 Å². The van der Waals surface area contributed by atoms with Gasteiger partial charge in [0.2, 0.25) is 0 Å². The molecule has 7 aromatic rings. The molecule has 4 nitrogen and oxygen atoms in total. The van der Waals surface area contributed by atoms with Crippen molar-refractivity contribution in [2.24, 2.45) is 0 Å². The van der Waals surface area contributed by atoms with E-state index in [1.165, 1.54) is 21.7 Å². The van der Waals surface area contributed by atoms with Crippen LogP contribution in [0.4, 0.5) is 0 Å². The maximum absolute atomic E-state index is 9.33. The molecule has 3 heterocycles. The highest BCUT2D eigenvalue weighted by atomic mass is 15.0. The second kappa shape index (κ2) is 8.44. The summed E-state index contributed by atoms with van der Waals surface area (Å²) >= 11 is 0. The van der Waals surface area contributed by atoms with Gasteiger partial charge in [-0.1, -0.05) is 66.7 Å². The van der Waals surface area contributed by atoms with Crippen LogP contribution in [-0.2, 0) is 0 Å². The summed E-state index contributed by atoms with van der Waals surface area (Å²) in [5.74, 6) is 0. The fraction of sp³-hybridized carbons (Fsp3) is 0. The van der Waals surface area contributed by atoms with E-state index in [0.717, 1.165) is 39.1 Å². The molecule has 0 aliphatic heterocycles. The number of para-hydroxylation sites is 2. The van der Waals surface area contributed by atoms with E-state index >= 15 is 0 Å². The van der Waals surface area contributed by atoms with Gasteiger partial charge < -0.3 is 4.57 Å². The summed E-state index contributed by atoms with van der Waals surface area (Å²) in [6, 6.07) is 39.9. The fourth-order valence-corrected chi connectivity index (χ4v) is 5.28. The highest BCUT2D eigenvalue weighted by Crippen LogP contribution is 2.41. The molecule has 0 saturated heterocycles. The second-order valence-corrected chi connectivity index (χ2v) is 9.03. The Morgan fingerprint density at radius 3 is 2.19 bits per heavy atom. The normalized spacial score (nSPS) is 11.2. The van der Waals surface area contributed by atoms with E-state index in [2.05, 4.69) is 94.5 Å². The van der Waals surface area contributed by atoms with E-state index < -0.39 is 0 Å². The molecule has 4 heteroatoms. The minimum absolute atomic E-state index is 0.518. The molecular weight excluding hydrogens is 452 g/mol. The Hall–Kier alpha value is -5.27. The van der Waals surface area contributed by atoms with Crippen molar-refractivity contribution in [1.29, 1.82) is 5.26 Å². The lowest BCUT2D eigenvalue weighted by molar-refractivity contribution is 1.18. The predicted octanol–water partition coefficient (Wildman–Crippen LogP) is 7.93. The van der Waals surface area contributed by atoms with Gasteiger partial charge in [0.25, 0.3) is 0 Å². The minimum Gasteiger partial charge on any atom is -0.309 e. The summed E-state index contributed by atoms with van der Waals surface area (Å²) in [5, 5.41) is 14.1. The average molecular weight is 473 g/mol. The number of hydrogen-bond donors (Lipinski definition) is 0. The first-order chi connectivity index (χ1) is 18.3. The van der Waals surface area contributed by atoms with Gasteiger partial charge >= 0.3 is 0 Å². The van der Waals surface area contributed by atoms with E-state index in [0.29, 0.717) is 5.56 Å². The zero-order valence-corrected chi connectivity index (χ0v) is 19.8. The molecule has 0 atom stereocenters. The lowest BCUT2D eigenvalue weighted by Gasteiger charge is -2.12. The molecule has 0 spiro atoms. The lowest BCUT2D eigenvalue weighted by atomic mass is 9.97. The number of pyridine rings is 2. The van der Waals surface area contributed by atoms with Crippen molar-refractivity contribution >= 4 is 32.6 Å². The van der Waals surface area contributed by atoms with E-state index in [9.17, 15) is 5.26 Å². The molecule has 3 aromatic heterocycles. The first-order valence-electron chi connectivity index (χ1n) is 12.1. The van der Waals surface area contributed by atoms with Crippen LogP contribution in [0.25, 0.3) is 60.8 Å². The summed E-state index contributed by atoms with van der Waals surface area (Å²) in [5.41, 5.74) is 7.50. The number of aromatic nitrogens is 3. The molecule has 0 aliphatic carbocycles. The highest BCUT2D eigenvalue weighted by molar-refractivity contribution is 6.24. The molecule has 0 unspecified atom stereocenters. The summed E-state index contributed by atoms with van der Waals surface area (Å²) < 4.78 is 2.34. The minimum atomic E-state index is 0.518. The van der Waals surface area contributed by atoms with Crippen molar-refractivity contribution in [3.63, 3.8) is 0 Å². The van der Waals surface area contributed by atoms with Crippen molar-refractivity contribution in [2.75, 3.05) is 0 Å². The van der Waals surface area contributed by atoms with Crippen molar-refractivity contribution in [1.82, 2.24) is 14.5 Å². The standard InChI is InChI=1S/C33H20N4/c34-19-22-17-23(21-35-20-22)29-14-8-15-30(36-29)28-18-32-33(26-12-5-4-11-25(26)28)27-13-6-7-16-31(27)37(32)24-9-2-1-3-10-24/h1-18,20-21H. The number of nitrogens with zero attached hydrogens (tertiary/aromatic N) is 4. The molecular formula is C33H20N4. The SMILES string of the molecule is N#Cc1cncc(-c2cccc(-c3cc4c(c5ccccc35)c3ccccc3n4-c3ccccc3)n2)c1. The molecule has 0 saturated carbocycles. The average Bonchev–Trinajstić information content (AvgIpc) is 3.32. The van der Waals surface area contributed by atoms with Gasteiger partial charge in [-0.3, -0.25) is 4.98 Å². The van der Waals surface area contributed by atoms with Crippen molar-refractivity contribution in [3.05, 3.63) is 127 Å². The number of rotatable bonds is 3. The van der Waals surface area contributed by atoms with Crippen LogP contribution in [-0.4, -0.2) is 14.5 Å². The van der Waals surface area contributed by atoms with E-state index in [1.54, 1.807) is 12.4 Å². The van der Waals surface area contributed by atoms with Crippen LogP contribution < -0.4 is 0 Å². The lowest BCUT2D eigenvalue weighted by Crippen LogP contribution is -1.95. The Bertz CT molecular complexity index is 2000. The van der Waals surface area contributed by atoms with Crippen LogP contribution in [0.1, 0.15) is 5.56 Å². The van der Waals surface area contributed by atoms with Crippen LogP contribution in [0.15, 0.2) is 122 Å². The van der Waals surface area contributed by atoms with Crippen molar-refractivity contribution < 1.29 is 0 Å². The molecule has 0 amide bonds. The number of hydrogen-bond acceptors (Lipinski definition) is 3. The first kappa shape index (κ1) is 21.0. The maximum atomic E-state index is 9.33. The Morgan fingerprint density at radius 1 is 0.622 bits per heavy atom. The van der Waals surface area contributed by atoms with Crippen LogP contribution in [0.5, 0.6) is 0 Å². The summed E-state index contributed by atoms with van der Waals surface area (Å²) in [7, 11) is 0. The first-order valence-corrected chi connectivity index (χ1v) is 12.1. The molecule has 4 aromatic carbocycles. The molecule has 37 heavy (non-hydrogen) atoms. The van der Waals surface area contributed by atoms with Gasteiger partial charge in [0.15, 0.2) is 0 Å². The third-order valence-corrected chi connectivity index (χ3v) is 6.88. The molecule has 0 bridgehead atoms. The monoisotopic (exact) mass is 472 g/mol. The van der Waals surface area contributed by atoms with Gasteiger partial charge in [-0.25, -0.2) is 4.98 Å². The Balaban J connectivity index is 1.56. The fourth-order valence-electron chi connectivity index (χ4n) is 5.28. The molecule has 7 rings (SSSR count). The van der Waals surface area contributed by atoms with Gasteiger partial charge in [-0.05, 0) is 53.2 Å². The van der Waals surface area contributed by atoms with Crippen LogP contribution in [0.2, 0.25) is 0 Å². The predicted molar refractivity (Wildman–Crippen MR) is 149 cm³/mol. The van der Waals surface area contributed by atoms with Crippen molar-refractivity contribution in [2.45, 2.75) is 0 Å². The highest BCUT2D eigenvalue weighted by Gasteiger charge is 2.18. The smallest absolute Gasteiger partial charge is 0.101 e. The zero-order valence-electron chi connectivity index (χ0n) is 19.8. The third kappa shape index (κ3) is 3.37. The summed E-state index contributed by atoms with van der Waals surface area (Å²) in [6.45, 7) is 0. The molecule has 0 fully saturated rings. The zero-order chi connectivity index (χ0) is 24.8. The van der Waals surface area contributed by atoms with Crippen molar-refractivity contribution in [3.8, 4) is 34.3 Å². The summed E-state index contributed by atoms with van der Waals surface area (Å²) in [6.07, 6.45) is 3.32. The molecule has 0 N–H and O–H groups in total. The van der Waals surface area contributed by atoms with Crippen LogP contribution in [0.3, 0.4) is 0 Å².